The van der Waals surface area contributed by atoms with Crippen molar-refractivity contribution in [2.45, 2.75) is 12.1 Å². The van der Waals surface area contributed by atoms with Crippen molar-refractivity contribution in [2.75, 3.05) is 13.1 Å². The molecule has 2 aliphatic heterocycles. The Morgan fingerprint density at radius 2 is 1.89 bits per heavy atom. The summed E-state index contributed by atoms with van der Waals surface area (Å²) in [7, 11) is 0. The van der Waals surface area contributed by atoms with Crippen molar-refractivity contribution in [3.05, 3.63) is 12.2 Å². The number of halogens is 1. The first kappa shape index (κ1) is 6.12. The van der Waals surface area contributed by atoms with E-state index in [4.69, 9.17) is 0 Å². The molecule has 2 bridgehead atoms. The lowest BCUT2D eigenvalue weighted by Gasteiger charge is -2.29. The largest absolute Gasteiger partial charge is 0.313 e. The molecule has 0 amide bonds. The third kappa shape index (κ3) is 0.911. The summed E-state index contributed by atoms with van der Waals surface area (Å²) in [6.07, 6.45) is 4.58. The molecular formula is C6H9IN2. The van der Waals surface area contributed by atoms with Crippen LogP contribution in [0.5, 0.6) is 0 Å². The molecule has 2 atom stereocenters. The second kappa shape index (κ2) is 2.21. The van der Waals surface area contributed by atoms with Gasteiger partial charge in [-0.3, -0.25) is 0 Å². The summed E-state index contributed by atoms with van der Waals surface area (Å²) >= 11 is 2.40. The Balaban J connectivity index is 2.18. The highest BCUT2D eigenvalue weighted by atomic mass is 127. The van der Waals surface area contributed by atoms with E-state index in [1.165, 1.54) is 0 Å². The smallest absolute Gasteiger partial charge is 0.0506 e. The van der Waals surface area contributed by atoms with Gasteiger partial charge in [-0.25, -0.2) is 3.11 Å². The summed E-state index contributed by atoms with van der Waals surface area (Å²) in [5.74, 6) is 0. The van der Waals surface area contributed by atoms with Crippen molar-refractivity contribution in [3.8, 4) is 0 Å². The van der Waals surface area contributed by atoms with E-state index in [1.54, 1.807) is 0 Å². The van der Waals surface area contributed by atoms with Gasteiger partial charge in [-0.05, 0) is 0 Å². The fourth-order valence-electron chi connectivity index (χ4n) is 1.36. The molecule has 0 spiro atoms. The highest BCUT2D eigenvalue weighted by Crippen LogP contribution is 2.23. The van der Waals surface area contributed by atoms with Crippen LogP contribution in [0.15, 0.2) is 12.2 Å². The highest BCUT2D eigenvalue weighted by molar-refractivity contribution is 14.1. The molecule has 1 fully saturated rings. The van der Waals surface area contributed by atoms with Crippen LogP contribution in [0.25, 0.3) is 0 Å². The first-order valence-corrected chi connectivity index (χ1v) is 4.17. The van der Waals surface area contributed by atoms with Crippen LogP contribution in [0.4, 0.5) is 0 Å². The van der Waals surface area contributed by atoms with Crippen molar-refractivity contribution in [3.63, 3.8) is 0 Å². The molecule has 0 saturated carbocycles. The fraction of sp³-hybridized carbons (Fsp3) is 0.667. The standard InChI is InChI=1S/C6H9IN2/c7-9-5-1-2-6(9)4-8-3-5/h1-2,5-6,8H,3-4H2. The minimum atomic E-state index is 0.657. The van der Waals surface area contributed by atoms with Gasteiger partial charge in [-0.2, -0.15) is 0 Å². The van der Waals surface area contributed by atoms with Crippen molar-refractivity contribution >= 4 is 22.9 Å². The Morgan fingerprint density at radius 1 is 1.33 bits per heavy atom. The van der Waals surface area contributed by atoms with Crippen LogP contribution in [-0.2, 0) is 0 Å². The van der Waals surface area contributed by atoms with E-state index in [-0.39, 0.29) is 0 Å². The summed E-state index contributed by atoms with van der Waals surface area (Å²) < 4.78 is 2.38. The second-order valence-corrected chi connectivity index (χ2v) is 3.64. The molecule has 2 rings (SSSR count). The lowest BCUT2D eigenvalue weighted by molar-refractivity contribution is 0.332. The van der Waals surface area contributed by atoms with Crippen LogP contribution in [-0.4, -0.2) is 28.3 Å². The summed E-state index contributed by atoms with van der Waals surface area (Å²) in [4.78, 5) is 0. The number of nitrogens with one attached hydrogen (secondary N) is 1. The molecule has 2 nitrogen and oxygen atoms in total. The van der Waals surface area contributed by atoms with Gasteiger partial charge in [0.05, 0.1) is 12.1 Å². The molecule has 3 heteroatoms. The number of fused-ring (bicyclic) bond motifs is 2. The predicted molar refractivity (Wildman–Crippen MR) is 45.4 cm³/mol. The van der Waals surface area contributed by atoms with Crippen molar-refractivity contribution in [1.29, 1.82) is 0 Å². The maximum absolute atomic E-state index is 3.37. The molecule has 1 saturated heterocycles. The molecule has 2 aliphatic rings. The number of nitrogens with zero attached hydrogens (tertiary/aromatic N) is 1. The quantitative estimate of drug-likeness (QED) is 0.375. The van der Waals surface area contributed by atoms with E-state index in [0.29, 0.717) is 12.1 Å². The minimum absolute atomic E-state index is 0.657. The molecule has 2 heterocycles. The third-order valence-electron chi connectivity index (χ3n) is 1.90. The molecule has 0 radical (unpaired) electrons. The number of hydrogen-bond acceptors (Lipinski definition) is 2. The Hall–Kier alpha value is 0.390. The van der Waals surface area contributed by atoms with Gasteiger partial charge in [0.25, 0.3) is 0 Å². The van der Waals surface area contributed by atoms with Crippen molar-refractivity contribution in [2.24, 2.45) is 0 Å². The van der Waals surface area contributed by atoms with E-state index in [9.17, 15) is 0 Å². The minimum Gasteiger partial charge on any atom is -0.313 e. The average molecular weight is 236 g/mol. The van der Waals surface area contributed by atoms with Crippen LogP contribution >= 0.6 is 22.9 Å². The van der Waals surface area contributed by atoms with Gasteiger partial charge in [0.1, 0.15) is 0 Å². The van der Waals surface area contributed by atoms with Gasteiger partial charge < -0.3 is 5.32 Å². The number of rotatable bonds is 0. The highest BCUT2D eigenvalue weighted by Gasteiger charge is 2.29. The number of piperazine rings is 1. The Bertz CT molecular complexity index is 132. The van der Waals surface area contributed by atoms with E-state index in [1.807, 2.05) is 0 Å². The Morgan fingerprint density at radius 3 is 2.33 bits per heavy atom. The molecule has 2 unspecified atom stereocenters. The molecule has 0 aromatic rings. The topological polar surface area (TPSA) is 15.3 Å². The zero-order chi connectivity index (χ0) is 6.27. The SMILES string of the molecule is IN1C2C=CC1CNC2. The fourth-order valence-corrected chi connectivity index (χ4v) is 2.12. The first-order chi connectivity index (χ1) is 4.38. The molecule has 0 aliphatic carbocycles. The second-order valence-electron chi connectivity index (χ2n) is 2.52. The lowest BCUT2D eigenvalue weighted by atomic mass is 10.3. The van der Waals surface area contributed by atoms with Gasteiger partial charge in [-0.1, -0.05) is 12.2 Å². The monoisotopic (exact) mass is 236 g/mol. The zero-order valence-corrected chi connectivity index (χ0v) is 7.21. The normalized spacial score (nSPS) is 41.9. The molecule has 50 valence electrons. The average Bonchev–Trinajstić information content (AvgIpc) is 2.19. The number of hydrogen-bond donors (Lipinski definition) is 1. The molecular weight excluding hydrogens is 227 g/mol. The third-order valence-corrected chi connectivity index (χ3v) is 3.33. The van der Waals surface area contributed by atoms with Gasteiger partial charge in [0.15, 0.2) is 0 Å². The first-order valence-electron chi connectivity index (χ1n) is 3.21. The molecule has 0 aromatic heterocycles. The van der Waals surface area contributed by atoms with Crippen LogP contribution in [0.1, 0.15) is 0 Å². The van der Waals surface area contributed by atoms with Crippen molar-refractivity contribution in [1.82, 2.24) is 8.43 Å². The maximum atomic E-state index is 3.37. The summed E-state index contributed by atoms with van der Waals surface area (Å²) in [5, 5.41) is 3.37. The molecule has 9 heavy (non-hydrogen) atoms. The molecule has 1 N–H and O–H groups in total. The molecule has 0 aromatic carbocycles. The predicted octanol–water partition coefficient (Wildman–Crippen LogP) is 0.549. The Labute approximate surface area is 68.8 Å². The lowest BCUT2D eigenvalue weighted by Crippen LogP contribution is -2.47. The van der Waals surface area contributed by atoms with Crippen LogP contribution in [0.2, 0.25) is 0 Å². The summed E-state index contributed by atoms with van der Waals surface area (Å²) in [5.41, 5.74) is 0. The summed E-state index contributed by atoms with van der Waals surface area (Å²) in [6, 6.07) is 1.31. The van der Waals surface area contributed by atoms with E-state index >= 15 is 0 Å². The van der Waals surface area contributed by atoms with Gasteiger partial charge in [0.2, 0.25) is 0 Å². The van der Waals surface area contributed by atoms with E-state index in [0.717, 1.165) is 13.1 Å². The summed E-state index contributed by atoms with van der Waals surface area (Å²) in [6.45, 7) is 2.24. The van der Waals surface area contributed by atoms with Gasteiger partial charge in [-0.15, -0.1) is 0 Å². The Kier molecular flexibility index (Phi) is 1.51. The van der Waals surface area contributed by atoms with Crippen LogP contribution in [0, 0.1) is 0 Å². The van der Waals surface area contributed by atoms with Crippen molar-refractivity contribution < 1.29 is 0 Å². The zero-order valence-electron chi connectivity index (χ0n) is 5.05. The van der Waals surface area contributed by atoms with Crippen LogP contribution < -0.4 is 5.32 Å². The van der Waals surface area contributed by atoms with E-state index < -0.39 is 0 Å². The van der Waals surface area contributed by atoms with Gasteiger partial charge in [0, 0.05) is 36.0 Å². The maximum Gasteiger partial charge on any atom is 0.0506 e. The van der Waals surface area contributed by atoms with E-state index in [2.05, 4.69) is 43.4 Å². The van der Waals surface area contributed by atoms with Crippen LogP contribution in [0.3, 0.4) is 0 Å². The van der Waals surface area contributed by atoms with Gasteiger partial charge >= 0.3 is 0 Å².